The Balaban J connectivity index is 0.00000243. The minimum Gasteiger partial charge on any atom is -0.371 e. The van der Waals surface area contributed by atoms with Crippen molar-refractivity contribution in [3.8, 4) is 0 Å². The van der Waals surface area contributed by atoms with Crippen molar-refractivity contribution in [3.05, 3.63) is 59.2 Å². The molecule has 140 valence electrons. The molecule has 26 heavy (non-hydrogen) atoms. The SMILES string of the molecule is Cc1ccc(NC(N)=NCc2ccccc2N2CCCCC2)cc1C.I. The molecule has 0 aliphatic carbocycles. The highest BCUT2D eigenvalue weighted by Gasteiger charge is 2.13. The van der Waals surface area contributed by atoms with E-state index in [0.29, 0.717) is 12.5 Å². The van der Waals surface area contributed by atoms with Gasteiger partial charge in [0.2, 0.25) is 0 Å². The third kappa shape index (κ3) is 5.37. The van der Waals surface area contributed by atoms with Gasteiger partial charge in [0.05, 0.1) is 6.54 Å². The Labute approximate surface area is 173 Å². The van der Waals surface area contributed by atoms with Gasteiger partial charge in [-0.1, -0.05) is 24.3 Å². The van der Waals surface area contributed by atoms with Crippen molar-refractivity contribution in [1.82, 2.24) is 0 Å². The molecule has 4 nitrogen and oxygen atoms in total. The number of hydrogen-bond donors (Lipinski definition) is 2. The minimum absolute atomic E-state index is 0. The summed E-state index contributed by atoms with van der Waals surface area (Å²) in [6.07, 6.45) is 3.88. The van der Waals surface area contributed by atoms with E-state index < -0.39 is 0 Å². The topological polar surface area (TPSA) is 53.6 Å². The van der Waals surface area contributed by atoms with Crippen molar-refractivity contribution in [1.29, 1.82) is 0 Å². The number of halogens is 1. The molecule has 3 rings (SSSR count). The highest BCUT2D eigenvalue weighted by molar-refractivity contribution is 14.0. The molecule has 0 amide bonds. The highest BCUT2D eigenvalue weighted by Crippen LogP contribution is 2.24. The van der Waals surface area contributed by atoms with Gasteiger partial charge in [-0.05, 0) is 68.0 Å². The maximum Gasteiger partial charge on any atom is 0.193 e. The number of piperidine rings is 1. The number of nitrogens with zero attached hydrogens (tertiary/aromatic N) is 2. The van der Waals surface area contributed by atoms with Crippen molar-refractivity contribution < 1.29 is 0 Å². The number of para-hydroxylation sites is 1. The smallest absolute Gasteiger partial charge is 0.193 e. The second kappa shape index (κ2) is 9.80. The first-order chi connectivity index (χ1) is 12.1. The van der Waals surface area contributed by atoms with Gasteiger partial charge in [0.1, 0.15) is 0 Å². The standard InChI is InChI=1S/C21H28N4.HI/c1-16-10-11-19(14-17(16)2)24-21(22)23-15-18-8-4-5-9-20(18)25-12-6-3-7-13-25;/h4-5,8-11,14H,3,6-7,12-13,15H2,1-2H3,(H3,22,23,24);1H. The zero-order chi connectivity index (χ0) is 17.6. The van der Waals surface area contributed by atoms with E-state index in [1.807, 2.05) is 6.07 Å². The molecular weight excluding hydrogens is 435 g/mol. The zero-order valence-corrected chi connectivity index (χ0v) is 18.0. The maximum absolute atomic E-state index is 6.10. The van der Waals surface area contributed by atoms with Crippen LogP contribution in [0, 0.1) is 13.8 Å². The largest absolute Gasteiger partial charge is 0.371 e. The van der Waals surface area contributed by atoms with Crippen LogP contribution in [0.3, 0.4) is 0 Å². The van der Waals surface area contributed by atoms with E-state index >= 15 is 0 Å². The van der Waals surface area contributed by atoms with Crippen LogP contribution < -0.4 is 16.0 Å². The Morgan fingerprint density at radius 3 is 2.50 bits per heavy atom. The van der Waals surface area contributed by atoms with E-state index in [0.717, 1.165) is 18.8 Å². The third-order valence-electron chi connectivity index (χ3n) is 4.89. The summed E-state index contributed by atoms with van der Waals surface area (Å²) in [6.45, 7) is 7.07. The number of anilines is 2. The van der Waals surface area contributed by atoms with E-state index in [4.69, 9.17) is 5.73 Å². The fourth-order valence-corrected chi connectivity index (χ4v) is 3.26. The molecule has 0 aromatic heterocycles. The first-order valence-electron chi connectivity index (χ1n) is 9.10. The molecule has 0 radical (unpaired) electrons. The second-order valence-electron chi connectivity index (χ2n) is 6.80. The van der Waals surface area contributed by atoms with Crippen molar-refractivity contribution in [3.63, 3.8) is 0 Å². The average Bonchev–Trinajstić information content (AvgIpc) is 2.64. The number of aryl methyl sites for hydroxylation is 2. The molecule has 1 fully saturated rings. The Morgan fingerprint density at radius 2 is 1.77 bits per heavy atom. The molecule has 0 unspecified atom stereocenters. The minimum atomic E-state index is 0. The number of benzene rings is 2. The van der Waals surface area contributed by atoms with Gasteiger partial charge in [-0.3, -0.25) is 0 Å². The van der Waals surface area contributed by atoms with Crippen LogP contribution in [-0.4, -0.2) is 19.0 Å². The number of nitrogens with two attached hydrogens (primary N) is 1. The van der Waals surface area contributed by atoms with E-state index in [2.05, 4.69) is 65.5 Å². The van der Waals surface area contributed by atoms with E-state index in [1.165, 1.54) is 41.6 Å². The molecule has 2 aromatic rings. The fourth-order valence-electron chi connectivity index (χ4n) is 3.26. The second-order valence-corrected chi connectivity index (χ2v) is 6.80. The molecule has 1 heterocycles. The van der Waals surface area contributed by atoms with Gasteiger partial charge in [-0.15, -0.1) is 24.0 Å². The summed E-state index contributed by atoms with van der Waals surface area (Å²) in [6, 6.07) is 14.8. The summed E-state index contributed by atoms with van der Waals surface area (Å²) in [5, 5.41) is 3.19. The summed E-state index contributed by atoms with van der Waals surface area (Å²) < 4.78 is 0. The lowest BCUT2D eigenvalue weighted by Crippen LogP contribution is -2.30. The van der Waals surface area contributed by atoms with Gasteiger partial charge in [0, 0.05) is 24.5 Å². The van der Waals surface area contributed by atoms with Crippen LogP contribution in [0.25, 0.3) is 0 Å². The molecule has 1 aliphatic heterocycles. The third-order valence-corrected chi connectivity index (χ3v) is 4.89. The molecule has 2 aromatic carbocycles. The Morgan fingerprint density at radius 1 is 1.04 bits per heavy atom. The Kier molecular flexibility index (Phi) is 7.75. The van der Waals surface area contributed by atoms with Crippen LogP contribution in [0.1, 0.15) is 36.0 Å². The molecule has 0 bridgehead atoms. The predicted octanol–water partition coefficient (Wildman–Crippen LogP) is 4.84. The summed E-state index contributed by atoms with van der Waals surface area (Å²) in [7, 11) is 0. The van der Waals surface area contributed by atoms with E-state index in [-0.39, 0.29) is 24.0 Å². The normalized spacial score (nSPS) is 14.7. The lowest BCUT2D eigenvalue weighted by molar-refractivity contribution is 0.576. The lowest BCUT2D eigenvalue weighted by atomic mass is 10.1. The van der Waals surface area contributed by atoms with Crippen LogP contribution in [0.5, 0.6) is 0 Å². The lowest BCUT2D eigenvalue weighted by Gasteiger charge is -2.30. The molecule has 3 N–H and O–H groups in total. The number of rotatable bonds is 4. The number of aliphatic imine (C=N–C) groups is 1. The van der Waals surface area contributed by atoms with Crippen molar-refractivity contribution >= 4 is 41.3 Å². The molecule has 5 heteroatoms. The van der Waals surface area contributed by atoms with Crippen LogP contribution in [0.2, 0.25) is 0 Å². The van der Waals surface area contributed by atoms with Crippen LogP contribution in [-0.2, 0) is 6.54 Å². The zero-order valence-electron chi connectivity index (χ0n) is 15.7. The van der Waals surface area contributed by atoms with Crippen LogP contribution >= 0.6 is 24.0 Å². The van der Waals surface area contributed by atoms with Gasteiger partial charge in [0.25, 0.3) is 0 Å². The van der Waals surface area contributed by atoms with Crippen LogP contribution in [0.15, 0.2) is 47.5 Å². The number of guanidine groups is 1. The van der Waals surface area contributed by atoms with E-state index in [9.17, 15) is 0 Å². The molecule has 0 atom stereocenters. The maximum atomic E-state index is 6.10. The van der Waals surface area contributed by atoms with Crippen molar-refractivity contribution in [2.45, 2.75) is 39.7 Å². The van der Waals surface area contributed by atoms with Gasteiger partial charge in [-0.2, -0.15) is 0 Å². The monoisotopic (exact) mass is 464 g/mol. The summed E-state index contributed by atoms with van der Waals surface area (Å²) in [5.41, 5.74) is 12.1. The van der Waals surface area contributed by atoms with Gasteiger partial charge in [-0.25, -0.2) is 4.99 Å². The molecule has 0 saturated carbocycles. The van der Waals surface area contributed by atoms with Crippen LogP contribution in [0.4, 0.5) is 11.4 Å². The number of hydrogen-bond acceptors (Lipinski definition) is 2. The molecular formula is C21H29IN4. The number of nitrogens with one attached hydrogen (secondary N) is 1. The molecule has 0 spiro atoms. The highest BCUT2D eigenvalue weighted by atomic mass is 127. The molecule has 1 aliphatic rings. The van der Waals surface area contributed by atoms with Gasteiger partial charge >= 0.3 is 0 Å². The predicted molar refractivity (Wildman–Crippen MR) is 123 cm³/mol. The first-order valence-corrected chi connectivity index (χ1v) is 9.10. The fraction of sp³-hybridized carbons (Fsp3) is 0.381. The summed E-state index contributed by atoms with van der Waals surface area (Å²) >= 11 is 0. The quantitative estimate of drug-likeness (QED) is 0.387. The van der Waals surface area contributed by atoms with Gasteiger partial charge in [0.15, 0.2) is 5.96 Å². The first kappa shape index (κ1) is 20.6. The molecule has 1 saturated heterocycles. The summed E-state index contributed by atoms with van der Waals surface area (Å²) in [4.78, 5) is 7.03. The summed E-state index contributed by atoms with van der Waals surface area (Å²) in [5.74, 6) is 0.455. The van der Waals surface area contributed by atoms with E-state index in [1.54, 1.807) is 0 Å². The Bertz CT molecular complexity index is 751. The Hall–Kier alpha value is -1.76. The van der Waals surface area contributed by atoms with Crippen molar-refractivity contribution in [2.24, 2.45) is 10.7 Å². The van der Waals surface area contributed by atoms with Crippen molar-refractivity contribution in [2.75, 3.05) is 23.3 Å². The average molecular weight is 464 g/mol. The van der Waals surface area contributed by atoms with Gasteiger partial charge < -0.3 is 16.0 Å².